The van der Waals surface area contributed by atoms with Crippen molar-refractivity contribution in [3.05, 3.63) is 29.8 Å². The van der Waals surface area contributed by atoms with Crippen molar-refractivity contribution in [2.45, 2.75) is 52.4 Å². The zero-order valence-electron chi connectivity index (χ0n) is 10.7. The summed E-state index contributed by atoms with van der Waals surface area (Å²) in [6.45, 7) is 6.80. The van der Waals surface area contributed by atoms with Crippen molar-refractivity contribution in [2.75, 3.05) is 0 Å². The summed E-state index contributed by atoms with van der Waals surface area (Å²) in [5.41, 5.74) is 1.25. The van der Waals surface area contributed by atoms with Gasteiger partial charge in [0.05, 0.1) is 0 Å². The second-order valence-corrected chi connectivity index (χ2v) is 4.86. The quantitative estimate of drug-likeness (QED) is 0.688. The SMILES string of the molecule is CCCCC[C@@H](C)[C@@H](C)c1cccc(O)c1. The van der Waals surface area contributed by atoms with Gasteiger partial charge in [0, 0.05) is 0 Å². The van der Waals surface area contributed by atoms with E-state index in [0.717, 1.165) is 0 Å². The van der Waals surface area contributed by atoms with Gasteiger partial charge in [0.2, 0.25) is 0 Å². The van der Waals surface area contributed by atoms with Crippen LogP contribution in [0.25, 0.3) is 0 Å². The lowest BCUT2D eigenvalue weighted by Gasteiger charge is -2.20. The fourth-order valence-corrected chi connectivity index (χ4v) is 2.10. The average Bonchev–Trinajstić information content (AvgIpc) is 2.28. The van der Waals surface area contributed by atoms with Crippen LogP contribution < -0.4 is 0 Å². The van der Waals surface area contributed by atoms with Crippen molar-refractivity contribution in [3.8, 4) is 5.75 Å². The fraction of sp³-hybridized carbons (Fsp3) is 0.600. The third-order valence-corrected chi connectivity index (χ3v) is 3.51. The normalized spacial score (nSPS) is 14.7. The standard InChI is InChI=1S/C15H24O/c1-4-5-6-8-12(2)13(3)14-9-7-10-15(16)11-14/h7,9-13,16H,4-6,8H2,1-3H3/t12-,13-/m1/s1. The summed E-state index contributed by atoms with van der Waals surface area (Å²) in [6.07, 6.45) is 5.22. The summed E-state index contributed by atoms with van der Waals surface area (Å²) in [6, 6.07) is 7.67. The highest BCUT2D eigenvalue weighted by Crippen LogP contribution is 2.29. The number of hydrogen-bond donors (Lipinski definition) is 1. The van der Waals surface area contributed by atoms with Crippen LogP contribution in [0.2, 0.25) is 0 Å². The molecule has 2 atom stereocenters. The molecule has 0 aliphatic heterocycles. The van der Waals surface area contributed by atoms with Gasteiger partial charge in [-0.2, -0.15) is 0 Å². The van der Waals surface area contributed by atoms with Crippen LogP contribution >= 0.6 is 0 Å². The van der Waals surface area contributed by atoms with Crippen LogP contribution in [0.1, 0.15) is 57.9 Å². The summed E-state index contributed by atoms with van der Waals surface area (Å²) in [5, 5.41) is 9.46. The molecule has 0 bridgehead atoms. The Balaban J connectivity index is 2.52. The van der Waals surface area contributed by atoms with Crippen LogP contribution in [0, 0.1) is 5.92 Å². The van der Waals surface area contributed by atoms with E-state index in [0.29, 0.717) is 17.6 Å². The first kappa shape index (κ1) is 13.1. The van der Waals surface area contributed by atoms with Gasteiger partial charge in [-0.1, -0.05) is 58.6 Å². The van der Waals surface area contributed by atoms with Crippen molar-refractivity contribution < 1.29 is 5.11 Å². The van der Waals surface area contributed by atoms with Crippen molar-refractivity contribution >= 4 is 0 Å². The van der Waals surface area contributed by atoms with E-state index >= 15 is 0 Å². The Morgan fingerprint density at radius 2 is 1.94 bits per heavy atom. The van der Waals surface area contributed by atoms with Gasteiger partial charge in [-0.15, -0.1) is 0 Å². The summed E-state index contributed by atoms with van der Waals surface area (Å²) in [4.78, 5) is 0. The first-order valence-electron chi connectivity index (χ1n) is 6.44. The monoisotopic (exact) mass is 220 g/mol. The lowest BCUT2D eigenvalue weighted by atomic mass is 9.85. The Hall–Kier alpha value is -0.980. The molecule has 1 aromatic rings. The Kier molecular flexibility index (Phi) is 5.37. The number of phenols is 1. The molecular formula is C15H24O. The van der Waals surface area contributed by atoms with E-state index in [2.05, 4.69) is 26.8 Å². The number of aromatic hydroxyl groups is 1. The van der Waals surface area contributed by atoms with E-state index in [1.807, 2.05) is 12.1 Å². The van der Waals surface area contributed by atoms with E-state index in [1.54, 1.807) is 6.07 Å². The van der Waals surface area contributed by atoms with Gasteiger partial charge in [-0.05, 0) is 29.5 Å². The van der Waals surface area contributed by atoms with Crippen molar-refractivity contribution in [1.82, 2.24) is 0 Å². The number of unbranched alkanes of at least 4 members (excludes halogenated alkanes) is 2. The minimum absolute atomic E-state index is 0.380. The van der Waals surface area contributed by atoms with E-state index in [1.165, 1.54) is 31.2 Å². The molecule has 0 saturated carbocycles. The molecular weight excluding hydrogens is 196 g/mol. The van der Waals surface area contributed by atoms with Crippen molar-refractivity contribution in [3.63, 3.8) is 0 Å². The van der Waals surface area contributed by atoms with Crippen LogP contribution in [0.3, 0.4) is 0 Å². The molecule has 0 aromatic heterocycles. The molecule has 1 rings (SSSR count). The van der Waals surface area contributed by atoms with Gasteiger partial charge >= 0.3 is 0 Å². The molecule has 1 nitrogen and oxygen atoms in total. The predicted octanol–water partition coefficient (Wildman–Crippen LogP) is 4.71. The molecule has 0 heterocycles. The summed E-state index contributed by atoms with van der Waals surface area (Å²) < 4.78 is 0. The lowest BCUT2D eigenvalue weighted by Crippen LogP contribution is -2.06. The Morgan fingerprint density at radius 3 is 2.56 bits per heavy atom. The van der Waals surface area contributed by atoms with Crippen LogP contribution in [0.5, 0.6) is 5.75 Å². The summed E-state index contributed by atoms with van der Waals surface area (Å²) in [7, 11) is 0. The highest BCUT2D eigenvalue weighted by Gasteiger charge is 2.14. The molecule has 0 saturated heterocycles. The van der Waals surface area contributed by atoms with E-state index in [4.69, 9.17) is 0 Å². The van der Waals surface area contributed by atoms with Gasteiger partial charge in [0.1, 0.15) is 5.75 Å². The highest BCUT2D eigenvalue weighted by molar-refractivity contribution is 5.29. The number of hydrogen-bond acceptors (Lipinski definition) is 1. The van der Waals surface area contributed by atoms with E-state index < -0.39 is 0 Å². The maximum Gasteiger partial charge on any atom is 0.115 e. The van der Waals surface area contributed by atoms with Crippen molar-refractivity contribution in [1.29, 1.82) is 0 Å². The van der Waals surface area contributed by atoms with Crippen molar-refractivity contribution in [2.24, 2.45) is 5.92 Å². The number of rotatable bonds is 6. The smallest absolute Gasteiger partial charge is 0.115 e. The zero-order chi connectivity index (χ0) is 12.0. The minimum Gasteiger partial charge on any atom is -0.508 e. The lowest BCUT2D eigenvalue weighted by molar-refractivity contribution is 0.427. The predicted molar refractivity (Wildman–Crippen MR) is 69.8 cm³/mol. The Bertz CT molecular complexity index is 306. The molecule has 1 aromatic carbocycles. The minimum atomic E-state index is 0.380. The van der Waals surface area contributed by atoms with Gasteiger partial charge in [0.25, 0.3) is 0 Å². The number of phenolic OH excluding ortho intramolecular Hbond substituents is 1. The molecule has 1 heteroatoms. The van der Waals surface area contributed by atoms with E-state index in [-0.39, 0.29) is 0 Å². The summed E-state index contributed by atoms with van der Waals surface area (Å²) >= 11 is 0. The molecule has 0 aliphatic rings. The van der Waals surface area contributed by atoms with Crippen LogP contribution in [-0.2, 0) is 0 Å². The zero-order valence-corrected chi connectivity index (χ0v) is 10.7. The molecule has 0 fully saturated rings. The molecule has 0 unspecified atom stereocenters. The average molecular weight is 220 g/mol. The van der Waals surface area contributed by atoms with Gasteiger partial charge in [0.15, 0.2) is 0 Å². The topological polar surface area (TPSA) is 20.2 Å². The Labute approximate surface area is 99.5 Å². The summed E-state index contributed by atoms with van der Waals surface area (Å²) in [5.74, 6) is 1.60. The highest BCUT2D eigenvalue weighted by atomic mass is 16.3. The Morgan fingerprint density at radius 1 is 1.19 bits per heavy atom. The maximum absolute atomic E-state index is 9.46. The first-order valence-corrected chi connectivity index (χ1v) is 6.44. The van der Waals surface area contributed by atoms with Gasteiger partial charge in [-0.3, -0.25) is 0 Å². The maximum atomic E-state index is 9.46. The number of benzene rings is 1. The molecule has 0 radical (unpaired) electrons. The second kappa shape index (κ2) is 6.57. The second-order valence-electron chi connectivity index (χ2n) is 4.86. The molecule has 0 amide bonds. The van der Waals surface area contributed by atoms with E-state index in [9.17, 15) is 5.11 Å². The molecule has 90 valence electrons. The van der Waals surface area contributed by atoms with Crippen LogP contribution in [-0.4, -0.2) is 5.11 Å². The molecule has 0 spiro atoms. The van der Waals surface area contributed by atoms with Crippen LogP contribution in [0.15, 0.2) is 24.3 Å². The fourth-order valence-electron chi connectivity index (χ4n) is 2.10. The third-order valence-electron chi connectivity index (χ3n) is 3.51. The third kappa shape index (κ3) is 3.88. The largest absolute Gasteiger partial charge is 0.508 e. The molecule has 1 N–H and O–H groups in total. The first-order chi connectivity index (χ1) is 7.65. The van der Waals surface area contributed by atoms with Gasteiger partial charge < -0.3 is 5.11 Å². The van der Waals surface area contributed by atoms with Crippen LogP contribution in [0.4, 0.5) is 0 Å². The van der Waals surface area contributed by atoms with Gasteiger partial charge in [-0.25, -0.2) is 0 Å². The molecule has 0 aliphatic carbocycles. The molecule has 16 heavy (non-hydrogen) atoms.